The molecule has 3 rings (SSSR count). The summed E-state index contributed by atoms with van der Waals surface area (Å²) in [6.45, 7) is 0. The lowest BCUT2D eigenvalue weighted by Crippen LogP contribution is -2.47. The van der Waals surface area contributed by atoms with Crippen LogP contribution in [0, 0.1) is 5.92 Å². The summed E-state index contributed by atoms with van der Waals surface area (Å²) < 4.78 is 0.803. The average Bonchev–Trinajstić information content (AvgIpc) is 2.90. The van der Waals surface area contributed by atoms with Crippen LogP contribution in [0.4, 0.5) is 16.2 Å². The molecule has 1 aliphatic heterocycles. The van der Waals surface area contributed by atoms with Gasteiger partial charge in [-0.05, 0) is 43.4 Å². The van der Waals surface area contributed by atoms with Gasteiger partial charge in [-0.1, -0.05) is 28.8 Å². The minimum absolute atomic E-state index is 0.0307. The van der Waals surface area contributed by atoms with Gasteiger partial charge in [0.1, 0.15) is 6.04 Å². The summed E-state index contributed by atoms with van der Waals surface area (Å²) in [5.41, 5.74) is 6.84. The highest BCUT2D eigenvalue weighted by Crippen LogP contribution is 2.40. The number of nitrogen functional groups attached to an aromatic ring is 1. The molecule has 3 unspecified atom stereocenters. The van der Waals surface area contributed by atoms with Crippen molar-refractivity contribution in [3.05, 3.63) is 22.7 Å². The van der Waals surface area contributed by atoms with Gasteiger partial charge in [0.05, 0.1) is 11.4 Å². The van der Waals surface area contributed by atoms with Gasteiger partial charge in [-0.3, -0.25) is 9.69 Å². The number of rotatable bonds is 2. The maximum absolute atomic E-state index is 12.6. The number of benzene rings is 1. The second-order valence-corrected chi connectivity index (χ2v) is 7.19. The number of halogens is 1. The third-order valence-electron chi connectivity index (χ3n) is 4.88. The molecule has 1 aromatic carbocycles. The van der Waals surface area contributed by atoms with Crippen LogP contribution in [0.15, 0.2) is 22.7 Å². The number of hydrogen-bond acceptors (Lipinski definition) is 3. The van der Waals surface area contributed by atoms with Crippen LogP contribution in [0.25, 0.3) is 0 Å². The standard InChI is InChI=1S/C16H20BrN3O3/c17-10-5-6-11(18)12(8-10)19-15(21)14-7-9-3-1-2-4-13(9)20(14)16(22)23/h5-6,8-9,13-14H,1-4,7,18H2,(H,19,21)(H,22,23). The zero-order valence-electron chi connectivity index (χ0n) is 12.7. The Balaban J connectivity index is 1.80. The van der Waals surface area contributed by atoms with Crippen molar-refractivity contribution in [1.29, 1.82) is 0 Å². The molecular formula is C16H20BrN3O3. The predicted octanol–water partition coefficient (Wildman–Crippen LogP) is 3.28. The second-order valence-electron chi connectivity index (χ2n) is 6.27. The highest BCUT2D eigenvalue weighted by atomic mass is 79.9. The molecule has 1 saturated heterocycles. The molecule has 124 valence electrons. The van der Waals surface area contributed by atoms with E-state index in [9.17, 15) is 14.7 Å². The third-order valence-corrected chi connectivity index (χ3v) is 5.38. The van der Waals surface area contributed by atoms with Crippen molar-refractivity contribution in [2.24, 2.45) is 5.92 Å². The van der Waals surface area contributed by atoms with E-state index in [1.807, 2.05) is 0 Å². The number of carbonyl (C=O) groups excluding carboxylic acids is 1. The normalized spacial score (nSPS) is 26.7. The molecule has 1 heterocycles. The van der Waals surface area contributed by atoms with Crippen LogP contribution in [0.2, 0.25) is 0 Å². The van der Waals surface area contributed by atoms with Crippen LogP contribution in [0.3, 0.4) is 0 Å². The number of nitrogens with two attached hydrogens (primary N) is 1. The summed E-state index contributed by atoms with van der Waals surface area (Å²) >= 11 is 3.34. The fraction of sp³-hybridized carbons (Fsp3) is 0.500. The van der Waals surface area contributed by atoms with Gasteiger partial charge in [0.25, 0.3) is 0 Å². The zero-order chi connectivity index (χ0) is 16.6. The van der Waals surface area contributed by atoms with Gasteiger partial charge in [0.15, 0.2) is 0 Å². The number of likely N-dealkylation sites (tertiary alicyclic amines) is 1. The van der Waals surface area contributed by atoms with Crippen LogP contribution in [0.1, 0.15) is 32.1 Å². The number of nitrogens with zero attached hydrogens (tertiary/aromatic N) is 1. The van der Waals surface area contributed by atoms with Gasteiger partial charge in [0.2, 0.25) is 5.91 Å². The molecule has 1 aromatic rings. The Morgan fingerprint density at radius 1 is 1.30 bits per heavy atom. The van der Waals surface area contributed by atoms with Crippen molar-refractivity contribution in [3.8, 4) is 0 Å². The molecule has 2 amide bonds. The van der Waals surface area contributed by atoms with Crippen molar-refractivity contribution < 1.29 is 14.7 Å². The van der Waals surface area contributed by atoms with Gasteiger partial charge in [-0.15, -0.1) is 0 Å². The molecule has 4 N–H and O–H groups in total. The summed E-state index contributed by atoms with van der Waals surface area (Å²) in [4.78, 5) is 25.7. The Bertz CT molecular complexity index is 637. The lowest BCUT2D eigenvalue weighted by molar-refractivity contribution is -0.120. The number of nitrogens with one attached hydrogen (secondary N) is 1. The smallest absolute Gasteiger partial charge is 0.408 e. The Hall–Kier alpha value is -1.76. The Morgan fingerprint density at radius 2 is 2.04 bits per heavy atom. The lowest BCUT2D eigenvalue weighted by atomic mass is 9.85. The van der Waals surface area contributed by atoms with Crippen molar-refractivity contribution in [2.45, 2.75) is 44.2 Å². The topological polar surface area (TPSA) is 95.7 Å². The SMILES string of the molecule is Nc1ccc(Br)cc1NC(=O)C1CC2CCCCC2N1C(=O)O. The van der Waals surface area contributed by atoms with E-state index in [0.717, 1.165) is 30.2 Å². The molecule has 3 atom stereocenters. The first-order chi connectivity index (χ1) is 11.0. The van der Waals surface area contributed by atoms with Crippen LogP contribution >= 0.6 is 15.9 Å². The summed E-state index contributed by atoms with van der Waals surface area (Å²) in [5, 5.41) is 12.3. The van der Waals surface area contributed by atoms with E-state index in [1.165, 1.54) is 4.90 Å². The van der Waals surface area contributed by atoms with Gasteiger partial charge < -0.3 is 16.2 Å². The highest BCUT2D eigenvalue weighted by molar-refractivity contribution is 9.10. The molecule has 0 radical (unpaired) electrons. The second kappa shape index (κ2) is 6.39. The fourth-order valence-corrected chi connectivity index (χ4v) is 4.18. The molecule has 0 aromatic heterocycles. The average molecular weight is 382 g/mol. The van der Waals surface area contributed by atoms with Crippen LogP contribution in [-0.4, -0.2) is 34.1 Å². The molecule has 6 nitrogen and oxygen atoms in total. The summed E-state index contributed by atoms with van der Waals surface area (Å²) in [6, 6.07) is 4.54. The number of anilines is 2. The van der Waals surface area contributed by atoms with Gasteiger partial charge in [0, 0.05) is 10.5 Å². The lowest BCUT2D eigenvalue weighted by Gasteiger charge is -2.31. The largest absolute Gasteiger partial charge is 0.465 e. The van der Waals surface area contributed by atoms with E-state index < -0.39 is 12.1 Å². The Morgan fingerprint density at radius 3 is 2.78 bits per heavy atom. The molecule has 0 spiro atoms. The minimum Gasteiger partial charge on any atom is -0.465 e. The van der Waals surface area contributed by atoms with Crippen molar-refractivity contribution in [3.63, 3.8) is 0 Å². The summed E-state index contributed by atoms with van der Waals surface area (Å²) in [6.07, 6.45) is 3.56. The number of carboxylic acid groups (broad SMARTS) is 1. The number of amides is 2. The Labute approximate surface area is 143 Å². The predicted molar refractivity (Wildman–Crippen MR) is 91.2 cm³/mol. The zero-order valence-corrected chi connectivity index (χ0v) is 14.3. The molecule has 2 fully saturated rings. The molecular weight excluding hydrogens is 362 g/mol. The minimum atomic E-state index is -1.01. The number of fused-ring (bicyclic) bond motifs is 1. The maximum Gasteiger partial charge on any atom is 0.408 e. The van der Waals surface area contributed by atoms with Gasteiger partial charge in [-0.2, -0.15) is 0 Å². The summed E-state index contributed by atoms with van der Waals surface area (Å²) in [5.74, 6) is -0.0120. The first-order valence-corrected chi connectivity index (χ1v) is 8.64. The van der Waals surface area contributed by atoms with Crippen molar-refractivity contribution >= 4 is 39.3 Å². The van der Waals surface area contributed by atoms with Crippen molar-refractivity contribution in [2.75, 3.05) is 11.1 Å². The van der Waals surface area contributed by atoms with E-state index in [0.29, 0.717) is 17.8 Å². The van der Waals surface area contributed by atoms with E-state index in [2.05, 4.69) is 21.2 Å². The Kier molecular flexibility index (Phi) is 4.48. The molecule has 2 aliphatic rings. The van der Waals surface area contributed by atoms with E-state index in [-0.39, 0.29) is 17.9 Å². The highest BCUT2D eigenvalue weighted by Gasteiger charge is 2.47. The van der Waals surface area contributed by atoms with E-state index >= 15 is 0 Å². The molecule has 23 heavy (non-hydrogen) atoms. The van der Waals surface area contributed by atoms with Crippen LogP contribution in [0.5, 0.6) is 0 Å². The molecule has 1 aliphatic carbocycles. The monoisotopic (exact) mass is 381 g/mol. The van der Waals surface area contributed by atoms with E-state index in [4.69, 9.17) is 5.73 Å². The third kappa shape index (κ3) is 3.15. The molecule has 7 heteroatoms. The fourth-order valence-electron chi connectivity index (χ4n) is 3.82. The first kappa shape index (κ1) is 16.1. The molecule has 0 bridgehead atoms. The van der Waals surface area contributed by atoms with Gasteiger partial charge >= 0.3 is 6.09 Å². The molecule has 1 saturated carbocycles. The number of hydrogen-bond donors (Lipinski definition) is 3. The first-order valence-electron chi connectivity index (χ1n) is 7.84. The van der Waals surface area contributed by atoms with Gasteiger partial charge in [-0.25, -0.2) is 4.79 Å². The maximum atomic E-state index is 12.6. The number of carbonyl (C=O) groups is 2. The quantitative estimate of drug-likeness (QED) is 0.684. The summed E-state index contributed by atoms with van der Waals surface area (Å²) in [7, 11) is 0. The van der Waals surface area contributed by atoms with Crippen molar-refractivity contribution in [1.82, 2.24) is 4.90 Å². The van der Waals surface area contributed by atoms with E-state index in [1.54, 1.807) is 18.2 Å². The van der Waals surface area contributed by atoms with Crippen LogP contribution < -0.4 is 11.1 Å². The van der Waals surface area contributed by atoms with Crippen LogP contribution in [-0.2, 0) is 4.79 Å².